The van der Waals surface area contributed by atoms with Crippen molar-refractivity contribution in [1.29, 1.82) is 0 Å². The van der Waals surface area contributed by atoms with E-state index in [0.29, 0.717) is 39.1 Å². The molecular weight excluding hydrogens is 377 g/mol. The predicted molar refractivity (Wildman–Crippen MR) is 96.1 cm³/mol. The molecule has 130 valence electrons. The molecule has 4 rings (SSSR count). The number of nitrogens with zero attached hydrogens (tertiary/aromatic N) is 4. The fraction of sp³-hybridized carbons (Fsp3) is 0.0588. The minimum absolute atomic E-state index is 0.317. The number of aromatic nitrogens is 5. The standard InChI is InChI=1S/C17H11ClFN5OS/c18-13-4-2-1-3-12(13)15-20-17(24-22-15)26-9-14-21-23-16(25-14)10-5-7-11(19)8-6-10/h1-8H,9H2,(H,20,22,24). The Morgan fingerprint density at radius 3 is 2.69 bits per heavy atom. The molecule has 0 aliphatic carbocycles. The Hall–Kier alpha value is -2.71. The minimum Gasteiger partial charge on any atom is -0.420 e. The van der Waals surface area contributed by atoms with Gasteiger partial charge in [-0.3, -0.25) is 5.10 Å². The lowest BCUT2D eigenvalue weighted by Crippen LogP contribution is -1.83. The molecule has 0 amide bonds. The molecule has 0 radical (unpaired) electrons. The second-order valence-corrected chi connectivity index (χ2v) is 6.59. The van der Waals surface area contributed by atoms with E-state index in [1.54, 1.807) is 18.2 Å². The van der Waals surface area contributed by atoms with Crippen LogP contribution in [0, 0.1) is 5.82 Å². The van der Waals surface area contributed by atoms with Crippen molar-refractivity contribution >= 4 is 23.4 Å². The van der Waals surface area contributed by atoms with Crippen molar-refractivity contribution in [3.05, 3.63) is 65.3 Å². The number of aromatic amines is 1. The first-order valence-electron chi connectivity index (χ1n) is 7.57. The smallest absolute Gasteiger partial charge is 0.247 e. The topological polar surface area (TPSA) is 80.5 Å². The van der Waals surface area contributed by atoms with Gasteiger partial charge >= 0.3 is 0 Å². The van der Waals surface area contributed by atoms with Crippen LogP contribution >= 0.6 is 23.4 Å². The molecule has 26 heavy (non-hydrogen) atoms. The Kier molecular flexibility index (Phi) is 4.68. The summed E-state index contributed by atoms with van der Waals surface area (Å²) in [5.74, 6) is 1.46. The Balaban J connectivity index is 1.44. The van der Waals surface area contributed by atoms with E-state index >= 15 is 0 Å². The summed E-state index contributed by atoms with van der Waals surface area (Å²) < 4.78 is 18.6. The maximum atomic E-state index is 13.0. The first-order chi connectivity index (χ1) is 12.7. The third-order valence-electron chi connectivity index (χ3n) is 3.48. The highest BCUT2D eigenvalue weighted by atomic mass is 35.5. The number of hydrogen-bond donors (Lipinski definition) is 1. The van der Waals surface area contributed by atoms with Crippen molar-refractivity contribution in [3.8, 4) is 22.8 Å². The van der Waals surface area contributed by atoms with Crippen LogP contribution in [0.5, 0.6) is 0 Å². The van der Waals surface area contributed by atoms with E-state index in [-0.39, 0.29) is 5.82 Å². The monoisotopic (exact) mass is 387 g/mol. The molecule has 0 saturated heterocycles. The summed E-state index contributed by atoms with van der Waals surface area (Å²) in [6.07, 6.45) is 0. The molecule has 0 fully saturated rings. The normalized spacial score (nSPS) is 11.0. The lowest BCUT2D eigenvalue weighted by Gasteiger charge is -1.97. The van der Waals surface area contributed by atoms with Crippen LogP contribution in [0.1, 0.15) is 5.89 Å². The van der Waals surface area contributed by atoms with Crippen LogP contribution in [0.3, 0.4) is 0 Å². The second-order valence-electron chi connectivity index (χ2n) is 5.24. The van der Waals surface area contributed by atoms with Gasteiger partial charge < -0.3 is 4.42 Å². The summed E-state index contributed by atoms with van der Waals surface area (Å²) in [6, 6.07) is 13.3. The Morgan fingerprint density at radius 1 is 1.08 bits per heavy atom. The van der Waals surface area contributed by atoms with Crippen molar-refractivity contribution in [1.82, 2.24) is 25.4 Å². The number of benzene rings is 2. The molecule has 9 heteroatoms. The third kappa shape index (κ3) is 3.61. The lowest BCUT2D eigenvalue weighted by molar-refractivity contribution is 0.528. The maximum absolute atomic E-state index is 13.0. The zero-order chi connectivity index (χ0) is 17.9. The quantitative estimate of drug-likeness (QED) is 0.504. The summed E-state index contributed by atoms with van der Waals surface area (Å²) in [5, 5.41) is 16.1. The van der Waals surface area contributed by atoms with Crippen molar-refractivity contribution in [2.45, 2.75) is 10.9 Å². The molecule has 0 unspecified atom stereocenters. The second kappa shape index (κ2) is 7.27. The molecular formula is C17H11ClFN5OS. The van der Waals surface area contributed by atoms with Gasteiger partial charge in [-0.15, -0.1) is 15.3 Å². The average molecular weight is 388 g/mol. The Bertz CT molecular complexity index is 1030. The highest BCUT2D eigenvalue weighted by Gasteiger charge is 2.12. The van der Waals surface area contributed by atoms with Gasteiger partial charge in [-0.05, 0) is 36.4 Å². The van der Waals surface area contributed by atoms with Gasteiger partial charge in [-0.25, -0.2) is 9.37 Å². The molecule has 0 saturated carbocycles. The van der Waals surface area contributed by atoms with E-state index in [0.717, 1.165) is 5.56 Å². The van der Waals surface area contributed by atoms with Crippen LogP contribution in [-0.4, -0.2) is 25.4 Å². The number of H-pyrrole nitrogens is 1. The molecule has 1 N–H and O–H groups in total. The zero-order valence-corrected chi connectivity index (χ0v) is 14.8. The largest absolute Gasteiger partial charge is 0.420 e. The third-order valence-corrected chi connectivity index (χ3v) is 4.64. The van der Waals surface area contributed by atoms with Crippen LogP contribution in [-0.2, 0) is 5.75 Å². The lowest BCUT2D eigenvalue weighted by atomic mass is 10.2. The first-order valence-corrected chi connectivity index (χ1v) is 8.94. The van der Waals surface area contributed by atoms with Gasteiger partial charge in [0.2, 0.25) is 16.9 Å². The van der Waals surface area contributed by atoms with E-state index in [1.807, 2.05) is 18.2 Å². The highest BCUT2D eigenvalue weighted by molar-refractivity contribution is 7.98. The number of thioether (sulfide) groups is 1. The summed E-state index contributed by atoms with van der Waals surface area (Å²) >= 11 is 7.51. The number of nitrogens with one attached hydrogen (secondary N) is 1. The number of hydrogen-bond acceptors (Lipinski definition) is 6. The number of rotatable bonds is 5. The molecule has 0 spiro atoms. The van der Waals surface area contributed by atoms with Crippen molar-refractivity contribution < 1.29 is 8.81 Å². The van der Waals surface area contributed by atoms with E-state index in [1.165, 1.54) is 23.9 Å². The van der Waals surface area contributed by atoms with Gasteiger partial charge in [-0.1, -0.05) is 35.5 Å². The zero-order valence-electron chi connectivity index (χ0n) is 13.2. The summed E-state index contributed by atoms with van der Waals surface area (Å²) in [4.78, 5) is 4.41. The predicted octanol–water partition coefficient (Wildman–Crippen LogP) is 4.61. The SMILES string of the molecule is Fc1ccc(-c2nnc(CSc3n[nH]c(-c4ccccc4Cl)n3)o2)cc1. The van der Waals surface area contributed by atoms with Crippen molar-refractivity contribution in [3.63, 3.8) is 0 Å². The summed E-state index contributed by atoms with van der Waals surface area (Å²) in [5.41, 5.74) is 1.44. The van der Waals surface area contributed by atoms with Gasteiger partial charge in [0.1, 0.15) is 5.82 Å². The minimum atomic E-state index is -0.317. The fourth-order valence-electron chi connectivity index (χ4n) is 2.23. The van der Waals surface area contributed by atoms with E-state index in [4.69, 9.17) is 16.0 Å². The summed E-state index contributed by atoms with van der Waals surface area (Å²) in [6.45, 7) is 0. The Morgan fingerprint density at radius 2 is 1.88 bits per heavy atom. The van der Waals surface area contributed by atoms with Crippen LogP contribution in [0.2, 0.25) is 5.02 Å². The van der Waals surface area contributed by atoms with Crippen molar-refractivity contribution in [2.24, 2.45) is 0 Å². The molecule has 0 aliphatic heterocycles. The number of halogens is 2. The van der Waals surface area contributed by atoms with Gasteiger partial charge in [0.05, 0.1) is 10.8 Å². The van der Waals surface area contributed by atoms with Gasteiger partial charge in [-0.2, -0.15) is 0 Å². The highest BCUT2D eigenvalue weighted by Crippen LogP contribution is 2.27. The van der Waals surface area contributed by atoms with Gasteiger partial charge in [0, 0.05) is 11.1 Å². The van der Waals surface area contributed by atoms with Crippen LogP contribution < -0.4 is 0 Å². The van der Waals surface area contributed by atoms with Gasteiger partial charge in [0.25, 0.3) is 0 Å². The van der Waals surface area contributed by atoms with Crippen LogP contribution in [0.15, 0.2) is 58.1 Å². The summed E-state index contributed by atoms with van der Waals surface area (Å²) in [7, 11) is 0. The molecule has 0 atom stereocenters. The van der Waals surface area contributed by atoms with Crippen LogP contribution in [0.4, 0.5) is 4.39 Å². The maximum Gasteiger partial charge on any atom is 0.247 e. The van der Waals surface area contributed by atoms with E-state index < -0.39 is 0 Å². The molecule has 0 aliphatic rings. The first kappa shape index (κ1) is 16.7. The molecule has 2 aromatic carbocycles. The van der Waals surface area contributed by atoms with Crippen molar-refractivity contribution in [2.75, 3.05) is 0 Å². The molecule has 2 aromatic heterocycles. The molecule has 6 nitrogen and oxygen atoms in total. The molecule has 4 aromatic rings. The Labute approximate surface area is 156 Å². The average Bonchev–Trinajstić information content (AvgIpc) is 3.30. The molecule has 0 bridgehead atoms. The van der Waals surface area contributed by atoms with Gasteiger partial charge in [0.15, 0.2) is 5.82 Å². The fourth-order valence-corrected chi connectivity index (χ4v) is 3.09. The van der Waals surface area contributed by atoms with Crippen LogP contribution in [0.25, 0.3) is 22.8 Å². The van der Waals surface area contributed by atoms with E-state index in [9.17, 15) is 4.39 Å². The molecule has 2 heterocycles. The van der Waals surface area contributed by atoms with E-state index in [2.05, 4.69) is 25.4 Å².